The van der Waals surface area contributed by atoms with Gasteiger partial charge >= 0.3 is 0 Å². The van der Waals surface area contributed by atoms with Gasteiger partial charge in [-0.3, -0.25) is 0 Å². The van der Waals surface area contributed by atoms with Crippen molar-refractivity contribution in [3.05, 3.63) is 42.0 Å². The SMILES string of the molecule is CNCc1ccc(S(=O)(=O)NC(C)CCc2ccco2)o1. The van der Waals surface area contributed by atoms with Crippen LogP contribution < -0.4 is 10.0 Å². The van der Waals surface area contributed by atoms with E-state index in [1.165, 1.54) is 6.07 Å². The Balaban J connectivity index is 1.92. The summed E-state index contributed by atoms with van der Waals surface area (Å²) in [6.45, 7) is 2.31. The summed E-state index contributed by atoms with van der Waals surface area (Å²) >= 11 is 0. The number of rotatable bonds is 8. The topological polar surface area (TPSA) is 84.5 Å². The van der Waals surface area contributed by atoms with Crippen LogP contribution in [0.15, 0.2) is 44.5 Å². The molecule has 2 aromatic heterocycles. The highest BCUT2D eigenvalue weighted by atomic mass is 32.2. The van der Waals surface area contributed by atoms with Crippen molar-refractivity contribution in [3.8, 4) is 0 Å². The van der Waals surface area contributed by atoms with Crippen LogP contribution in [0.5, 0.6) is 0 Å². The molecule has 2 N–H and O–H groups in total. The minimum atomic E-state index is -3.62. The molecule has 0 aliphatic rings. The number of nitrogens with one attached hydrogen (secondary N) is 2. The number of hydrogen-bond donors (Lipinski definition) is 2. The molecule has 7 heteroatoms. The molecule has 2 heterocycles. The molecule has 0 radical (unpaired) electrons. The van der Waals surface area contributed by atoms with Crippen molar-refractivity contribution in [2.45, 2.75) is 37.4 Å². The number of hydrogen-bond acceptors (Lipinski definition) is 5. The van der Waals surface area contributed by atoms with Crippen LogP contribution in [0.25, 0.3) is 0 Å². The Kier molecular flexibility index (Phi) is 5.22. The zero-order valence-electron chi connectivity index (χ0n) is 12.1. The molecule has 2 aromatic rings. The maximum Gasteiger partial charge on any atom is 0.274 e. The molecule has 0 spiro atoms. The van der Waals surface area contributed by atoms with Crippen LogP contribution in [0.1, 0.15) is 24.9 Å². The largest absolute Gasteiger partial charge is 0.469 e. The Morgan fingerprint density at radius 3 is 2.71 bits per heavy atom. The second-order valence-corrected chi connectivity index (χ2v) is 6.54. The predicted octanol–water partition coefficient (Wildman–Crippen LogP) is 1.89. The van der Waals surface area contributed by atoms with Crippen molar-refractivity contribution in [1.82, 2.24) is 10.0 Å². The quantitative estimate of drug-likeness (QED) is 0.777. The van der Waals surface area contributed by atoms with Crippen LogP contribution in [-0.4, -0.2) is 21.5 Å². The summed E-state index contributed by atoms with van der Waals surface area (Å²) in [7, 11) is -1.85. The molecule has 0 fully saturated rings. The summed E-state index contributed by atoms with van der Waals surface area (Å²) in [4.78, 5) is 0. The van der Waals surface area contributed by atoms with E-state index in [9.17, 15) is 8.42 Å². The van der Waals surface area contributed by atoms with E-state index in [4.69, 9.17) is 8.83 Å². The molecule has 116 valence electrons. The van der Waals surface area contributed by atoms with Gasteiger partial charge in [0.15, 0.2) is 0 Å². The molecule has 2 rings (SSSR count). The van der Waals surface area contributed by atoms with Crippen molar-refractivity contribution in [3.63, 3.8) is 0 Å². The van der Waals surface area contributed by atoms with Gasteiger partial charge in [0.05, 0.1) is 12.8 Å². The van der Waals surface area contributed by atoms with Crippen molar-refractivity contribution >= 4 is 10.0 Å². The molecule has 0 aliphatic heterocycles. The summed E-state index contributed by atoms with van der Waals surface area (Å²) in [6, 6.07) is 6.60. The van der Waals surface area contributed by atoms with Gasteiger partial charge in [-0.1, -0.05) is 0 Å². The van der Waals surface area contributed by atoms with E-state index in [0.29, 0.717) is 25.1 Å². The average Bonchev–Trinajstić information content (AvgIpc) is 3.07. The molecule has 0 saturated heterocycles. The first-order valence-corrected chi connectivity index (χ1v) is 8.27. The first kappa shape index (κ1) is 15.8. The van der Waals surface area contributed by atoms with Gasteiger partial charge < -0.3 is 14.2 Å². The van der Waals surface area contributed by atoms with E-state index in [2.05, 4.69) is 10.0 Å². The fraction of sp³-hybridized carbons (Fsp3) is 0.429. The minimum Gasteiger partial charge on any atom is -0.469 e. The monoisotopic (exact) mass is 312 g/mol. The zero-order valence-corrected chi connectivity index (χ0v) is 12.9. The van der Waals surface area contributed by atoms with Crippen molar-refractivity contribution in [1.29, 1.82) is 0 Å². The second kappa shape index (κ2) is 6.93. The van der Waals surface area contributed by atoms with Gasteiger partial charge in [-0.2, -0.15) is 0 Å². The highest BCUT2D eigenvalue weighted by Gasteiger charge is 2.21. The van der Waals surface area contributed by atoms with Gasteiger partial charge in [-0.05, 0) is 44.7 Å². The molecular weight excluding hydrogens is 292 g/mol. The van der Waals surface area contributed by atoms with E-state index in [1.54, 1.807) is 19.4 Å². The fourth-order valence-corrected chi connectivity index (χ4v) is 3.20. The highest BCUT2D eigenvalue weighted by molar-refractivity contribution is 7.89. The molecule has 0 saturated carbocycles. The lowest BCUT2D eigenvalue weighted by atomic mass is 10.2. The second-order valence-electron chi connectivity index (χ2n) is 4.89. The summed E-state index contributed by atoms with van der Waals surface area (Å²) < 4.78 is 37.5. The van der Waals surface area contributed by atoms with Gasteiger partial charge in [-0.25, -0.2) is 13.1 Å². The molecule has 0 aromatic carbocycles. The Morgan fingerprint density at radius 1 is 1.24 bits per heavy atom. The minimum absolute atomic E-state index is 0.0578. The normalized spacial score (nSPS) is 13.4. The number of sulfonamides is 1. The van der Waals surface area contributed by atoms with E-state index in [1.807, 2.05) is 19.1 Å². The van der Waals surface area contributed by atoms with Gasteiger partial charge in [0.25, 0.3) is 10.0 Å². The first-order chi connectivity index (χ1) is 10.0. The smallest absolute Gasteiger partial charge is 0.274 e. The lowest BCUT2D eigenvalue weighted by Crippen LogP contribution is -2.32. The standard InChI is InChI=1S/C14H20N2O4S/c1-11(5-6-12-4-3-9-19-12)16-21(17,18)14-8-7-13(20-14)10-15-2/h3-4,7-9,11,15-16H,5-6,10H2,1-2H3. The Bertz CT molecular complexity index is 646. The summed E-state index contributed by atoms with van der Waals surface area (Å²) in [6.07, 6.45) is 2.94. The Morgan fingerprint density at radius 2 is 2.05 bits per heavy atom. The van der Waals surface area contributed by atoms with Crippen molar-refractivity contribution in [2.75, 3.05) is 7.05 Å². The van der Waals surface area contributed by atoms with Crippen LogP contribution in [0.2, 0.25) is 0 Å². The van der Waals surface area contributed by atoms with Crippen LogP contribution in [-0.2, 0) is 23.0 Å². The lowest BCUT2D eigenvalue weighted by Gasteiger charge is -2.12. The van der Waals surface area contributed by atoms with Crippen molar-refractivity contribution in [2.24, 2.45) is 0 Å². The third-order valence-electron chi connectivity index (χ3n) is 3.01. The van der Waals surface area contributed by atoms with E-state index in [-0.39, 0.29) is 11.1 Å². The summed E-state index contributed by atoms with van der Waals surface area (Å²) in [5.74, 6) is 1.43. The Labute approximate surface area is 124 Å². The molecular formula is C14H20N2O4S. The summed E-state index contributed by atoms with van der Waals surface area (Å²) in [5.41, 5.74) is 0. The molecule has 0 amide bonds. The highest BCUT2D eigenvalue weighted by Crippen LogP contribution is 2.15. The lowest BCUT2D eigenvalue weighted by molar-refractivity contribution is 0.401. The summed E-state index contributed by atoms with van der Waals surface area (Å²) in [5, 5.41) is 2.85. The van der Waals surface area contributed by atoms with Crippen LogP contribution >= 0.6 is 0 Å². The third-order valence-corrected chi connectivity index (χ3v) is 4.47. The molecule has 6 nitrogen and oxygen atoms in total. The van der Waals surface area contributed by atoms with E-state index >= 15 is 0 Å². The Hall–Kier alpha value is -1.57. The fourth-order valence-electron chi connectivity index (χ4n) is 1.97. The van der Waals surface area contributed by atoms with Gasteiger partial charge in [0, 0.05) is 12.5 Å². The first-order valence-electron chi connectivity index (χ1n) is 6.79. The van der Waals surface area contributed by atoms with Crippen LogP contribution in [0, 0.1) is 0 Å². The number of aryl methyl sites for hydroxylation is 1. The molecule has 1 atom stereocenters. The zero-order chi connectivity index (χ0) is 15.3. The average molecular weight is 312 g/mol. The molecule has 21 heavy (non-hydrogen) atoms. The van der Waals surface area contributed by atoms with Crippen LogP contribution in [0.4, 0.5) is 0 Å². The van der Waals surface area contributed by atoms with Crippen LogP contribution in [0.3, 0.4) is 0 Å². The third kappa shape index (κ3) is 4.45. The molecule has 0 bridgehead atoms. The van der Waals surface area contributed by atoms with E-state index < -0.39 is 10.0 Å². The van der Waals surface area contributed by atoms with Gasteiger partial charge in [0.1, 0.15) is 11.5 Å². The van der Waals surface area contributed by atoms with Gasteiger partial charge in [-0.15, -0.1) is 0 Å². The number of furan rings is 2. The molecule has 1 unspecified atom stereocenters. The van der Waals surface area contributed by atoms with Crippen molar-refractivity contribution < 1.29 is 17.3 Å². The van der Waals surface area contributed by atoms with E-state index in [0.717, 1.165) is 5.76 Å². The predicted molar refractivity (Wildman–Crippen MR) is 78.3 cm³/mol. The molecule has 0 aliphatic carbocycles. The van der Waals surface area contributed by atoms with Gasteiger partial charge in [0.2, 0.25) is 5.09 Å². The maximum atomic E-state index is 12.2. The maximum absolute atomic E-state index is 12.2.